The van der Waals surface area contributed by atoms with Gasteiger partial charge in [-0.1, -0.05) is 44.2 Å². The summed E-state index contributed by atoms with van der Waals surface area (Å²) in [6, 6.07) is 10.2. The topological polar surface area (TPSA) is 36.4 Å². The molecule has 4 heteroatoms. The molecule has 18 heavy (non-hydrogen) atoms. The van der Waals surface area contributed by atoms with Crippen LogP contribution in [0.4, 0.5) is 0 Å². The van der Waals surface area contributed by atoms with Crippen LogP contribution in [-0.4, -0.2) is 17.4 Å². The fraction of sp³-hybridized carbons (Fsp3) is 0.429. The molecule has 0 unspecified atom stereocenters. The van der Waals surface area contributed by atoms with E-state index in [0.717, 1.165) is 24.2 Å². The molecule has 0 saturated carbocycles. The minimum absolute atomic E-state index is 0.554. The van der Waals surface area contributed by atoms with Crippen molar-refractivity contribution >= 4 is 23.0 Å². The first-order valence-corrected chi connectivity index (χ1v) is 6.70. The maximum atomic E-state index is 5.11. The standard InChI is InChI=1S/C14H21N3S/c1-4-15-14(18)17-16-13(10-11(2)3)12-8-6-5-7-9-12/h5-9,11H,4,10H2,1-3H3,(H2,15,17,18)/b16-13-. The van der Waals surface area contributed by atoms with Gasteiger partial charge in [-0.15, -0.1) is 0 Å². The molecule has 0 radical (unpaired) electrons. The fourth-order valence-corrected chi connectivity index (χ4v) is 1.75. The smallest absolute Gasteiger partial charge is 0.186 e. The quantitative estimate of drug-likeness (QED) is 0.487. The van der Waals surface area contributed by atoms with Crippen LogP contribution in [0.5, 0.6) is 0 Å². The first-order valence-electron chi connectivity index (χ1n) is 6.29. The predicted molar refractivity (Wildman–Crippen MR) is 81.8 cm³/mol. The van der Waals surface area contributed by atoms with Gasteiger partial charge in [0.1, 0.15) is 0 Å². The maximum Gasteiger partial charge on any atom is 0.186 e. The van der Waals surface area contributed by atoms with Crippen molar-refractivity contribution in [1.82, 2.24) is 10.7 Å². The van der Waals surface area contributed by atoms with E-state index in [1.54, 1.807) is 0 Å². The van der Waals surface area contributed by atoms with Crippen molar-refractivity contribution in [2.75, 3.05) is 6.54 Å². The van der Waals surface area contributed by atoms with Gasteiger partial charge in [-0.2, -0.15) is 5.10 Å². The summed E-state index contributed by atoms with van der Waals surface area (Å²) in [6.45, 7) is 7.16. The van der Waals surface area contributed by atoms with E-state index in [-0.39, 0.29) is 0 Å². The van der Waals surface area contributed by atoms with Gasteiger partial charge in [-0.25, -0.2) is 0 Å². The van der Waals surface area contributed by atoms with E-state index in [2.05, 4.69) is 41.8 Å². The van der Waals surface area contributed by atoms with E-state index in [9.17, 15) is 0 Å². The van der Waals surface area contributed by atoms with Crippen LogP contribution in [0.1, 0.15) is 32.8 Å². The Hall–Kier alpha value is -1.42. The number of hydrogen-bond donors (Lipinski definition) is 2. The number of hydrazone groups is 1. The predicted octanol–water partition coefficient (Wildman–Crippen LogP) is 2.92. The summed E-state index contributed by atoms with van der Waals surface area (Å²) in [5, 5.41) is 8.00. The summed E-state index contributed by atoms with van der Waals surface area (Å²) in [5.41, 5.74) is 5.07. The van der Waals surface area contributed by atoms with Crippen LogP contribution >= 0.6 is 12.2 Å². The average molecular weight is 263 g/mol. The third kappa shape index (κ3) is 5.27. The Kier molecular flexibility index (Phi) is 6.36. The van der Waals surface area contributed by atoms with E-state index in [1.807, 2.05) is 25.1 Å². The third-order valence-electron chi connectivity index (χ3n) is 2.34. The monoisotopic (exact) mass is 263 g/mol. The number of rotatable bonds is 5. The highest BCUT2D eigenvalue weighted by Crippen LogP contribution is 2.09. The highest BCUT2D eigenvalue weighted by molar-refractivity contribution is 7.80. The Bertz CT molecular complexity index is 399. The molecular formula is C14H21N3S. The van der Waals surface area contributed by atoms with Crippen LogP contribution in [-0.2, 0) is 0 Å². The number of nitrogens with one attached hydrogen (secondary N) is 2. The Morgan fingerprint density at radius 3 is 2.50 bits per heavy atom. The molecule has 1 rings (SSSR count). The zero-order valence-corrected chi connectivity index (χ0v) is 12.1. The number of nitrogens with zero attached hydrogens (tertiary/aromatic N) is 1. The Morgan fingerprint density at radius 1 is 1.28 bits per heavy atom. The second kappa shape index (κ2) is 7.82. The first kappa shape index (κ1) is 14.6. The van der Waals surface area contributed by atoms with Gasteiger partial charge < -0.3 is 5.32 Å². The molecule has 0 bridgehead atoms. The summed E-state index contributed by atoms with van der Waals surface area (Å²) in [6.07, 6.45) is 0.922. The number of hydrogen-bond acceptors (Lipinski definition) is 2. The normalized spacial score (nSPS) is 11.4. The molecule has 98 valence electrons. The molecule has 0 aromatic heterocycles. The second-order valence-electron chi connectivity index (χ2n) is 4.49. The highest BCUT2D eigenvalue weighted by atomic mass is 32.1. The molecule has 2 N–H and O–H groups in total. The lowest BCUT2D eigenvalue weighted by Gasteiger charge is -2.11. The zero-order chi connectivity index (χ0) is 13.4. The van der Waals surface area contributed by atoms with Crippen molar-refractivity contribution in [3.8, 4) is 0 Å². The molecule has 0 fully saturated rings. The van der Waals surface area contributed by atoms with Crippen molar-refractivity contribution < 1.29 is 0 Å². The Labute approximate surface area is 115 Å². The largest absolute Gasteiger partial charge is 0.362 e. The van der Waals surface area contributed by atoms with Gasteiger partial charge in [0.05, 0.1) is 5.71 Å². The number of thiocarbonyl (C=S) groups is 1. The molecule has 0 amide bonds. The minimum atomic E-state index is 0.554. The van der Waals surface area contributed by atoms with Crippen LogP contribution in [0.15, 0.2) is 35.4 Å². The summed E-state index contributed by atoms with van der Waals surface area (Å²) < 4.78 is 0. The van der Waals surface area contributed by atoms with Gasteiger partial charge in [-0.05, 0) is 37.0 Å². The lowest BCUT2D eigenvalue weighted by atomic mass is 10.0. The van der Waals surface area contributed by atoms with E-state index in [1.165, 1.54) is 0 Å². The van der Waals surface area contributed by atoms with Gasteiger partial charge in [0.15, 0.2) is 5.11 Å². The average Bonchev–Trinajstić information content (AvgIpc) is 2.35. The third-order valence-corrected chi connectivity index (χ3v) is 2.57. The molecule has 1 aromatic rings. The summed E-state index contributed by atoms with van der Waals surface area (Å²) in [5.74, 6) is 0.554. The molecule has 0 atom stereocenters. The molecule has 3 nitrogen and oxygen atoms in total. The molecule has 0 saturated heterocycles. The van der Waals surface area contributed by atoms with Crippen molar-refractivity contribution in [3.63, 3.8) is 0 Å². The minimum Gasteiger partial charge on any atom is -0.362 e. The van der Waals surface area contributed by atoms with Crippen LogP contribution < -0.4 is 10.7 Å². The van der Waals surface area contributed by atoms with Gasteiger partial charge in [-0.3, -0.25) is 5.43 Å². The van der Waals surface area contributed by atoms with Crippen molar-refractivity contribution in [2.45, 2.75) is 27.2 Å². The van der Waals surface area contributed by atoms with Crippen molar-refractivity contribution in [3.05, 3.63) is 35.9 Å². The fourth-order valence-electron chi connectivity index (χ4n) is 1.56. The molecule has 1 aromatic carbocycles. The van der Waals surface area contributed by atoms with Crippen molar-refractivity contribution in [1.29, 1.82) is 0 Å². The van der Waals surface area contributed by atoms with Gasteiger partial charge in [0, 0.05) is 6.54 Å². The Morgan fingerprint density at radius 2 is 1.94 bits per heavy atom. The van der Waals surface area contributed by atoms with Gasteiger partial charge >= 0.3 is 0 Å². The summed E-state index contributed by atoms with van der Waals surface area (Å²) in [7, 11) is 0. The lowest BCUT2D eigenvalue weighted by Crippen LogP contribution is -2.32. The van der Waals surface area contributed by atoms with Gasteiger partial charge in [0.2, 0.25) is 0 Å². The molecular weight excluding hydrogens is 242 g/mol. The Balaban J connectivity index is 2.78. The molecule has 0 spiro atoms. The van der Waals surface area contributed by atoms with Crippen LogP contribution in [0.25, 0.3) is 0 Å². The molecule has 0 heterocycles. The van der Waals surface area contributed by atoms with Crippen LogP contribution in [0.2, 0.25) is 0 Å². The maximum absolute atomic E-state index is 5.11. The first-order chi connectivity index (χ1) is 8.63. The van der Waals surface area contributed by atoms with E-state index in [4.69, 9.17) is 12.2 Å². The lowest BCUT2D eigenvalue weighted by molar-refractivity contribution is 0.681. The summed E-state index contributed by atoms with van der Waals surface area (Å²) in [4.78, 5) is 0. The van der Waals surface area contributed by atoms with E-state index >= 15 is 0 Å². The van der Waals surface area contributed by atoms with E-state index < -0.39 is 0 Å². The SMILES string of the molecule is CCNC(=S)N/N=C(/CC(C)C)c1ccccc1. The number of benzene rings is 1. The highest BCUT2D eigenvalue weighted by Gasteiger charge is 2.06. The van der Waals surface area contributed by atoms with Crippen molar-refractivity contribution in [2.24, 2.45) is 11.0 Å². The van der Waals surface area contributed by atoms with E-state index in [0.29, 0.717) is 11.0 Å². The molecule has 0 aliphatic carbocycles. The molecule has 0 aliphatic rings. The van der Waals surface area contributed by atoms with Crippen LogP contribution in [0.3, 0.4) is 0 Å². The second-order valence-corrected chi connectivity index (χ2v) is 4.90. The van der Waals surface area contributed by atoms with Crippen LogP contribution in [0, 0.1) is 5.92 Å². The zero-order valence-electron chi connectivity index (χ0n) is 11.2. The summed E-state index contributed by atoms with van der Waals surface area (Å²) >= 11 is 5.11. The van der Waals surface area contributed by atoms with Gasteiger partial charge in [0.25, 0.3) is 0 Å². The molecule has 0 aliphatic heterocycles.